The SMILES string of the molecule is COCCCS(=O)(=O)N(C)C(C)CBr. The molecule has 4 nitrogen and oxygen atoms in total. The van der Waals surface area contributed by atoms with E-state index in [-0.39, 0.29) is 11.8 Å². The van der Waals surface area contributed by atoms with Crippen molar-refractivity contribution in [1.29, 1.82) is 0 Å². The number of hydrogen-bond acceptors (Lipinski definition) is 3. The lowest BCUT2D eigenvalue weighted by molar-refractivity contribution is 0.199. The first-order chi connectivity index (χ1) is 6.45. The van der Waals surface area contributed by atoms with Crippen LogP contribution >= 0.6 is 15.9 Å². The standard InChI is InChI=1S/C8H18BrNO3S/c1-8(7-9)10(2)14(11,12)6-4-5-13-3/h8H,4-7H2,1-3H3. The molecule has 0 aromatic rings. The second-order valence-corrected chi connectivity index (χ2v) is 5.98. The molecule has 0 amide bonds. The van der Waals surface area contributed by atoms with Crippen molar-refractivity contribution < 1.29 is 13.2 Å². The summed E-state index contributed by atoms with van der Waals surface area (Å²) < 4.78 is 29.5. The Hall–Kier alpha value is 0.350. The zero-order valence-corrected chi connectivity index (χ0v) is 11.3. The number of alkyl halides is 1. The molecule has 0 heterocycles. The quantitative estimate of drug-likeness (QED) is 0.520. The van der Waals surface area contributed by atoms with Crippen molar-refractivity contribution in [3.8, 4) is 0 Å². The summed E-state index contributed by atoms with van der Waals surface area (Å²) in [6, 6.07) is -0.0115. The van der Waals surface area contributed by atoms with Gasteiger partial charge in [-0.1, -0.05) is 15.9 Å². The van der Waals surface area contributed by atoms with Crippen molar-refractivity contribution in [2.75, 3.05) is 31.8 Å². The normalized spacial score (nSPS) is 14.6. The highest BCUT2D eigenvalue weighted by Crippen LogP contribution is 2.07. The summed E-state index contributed by atoms with van der Waals surface area (Å²) in [5, 5.41) is 0.646. The van der Waals surface area contributed by atoms with Crippen LogP contribution in [0, 0.1) is 0 Å². The van der Waals surface area contributed by atoms with E-state index in [1.165, 1.54) is 4.31 Å². The van der Waals surface area contributed by atoms with Gasteiger partial charge in [-0.2, -0.15) is 0 Å². The molecule has 0 bridgehead atoms. The fraction of sp³-hybridized carbons (Fsp3) is 1.00. The van der Waals surface area contributed by atoms with E-state index >= 15 is 0 Å². The molecule has 0 aromatic heterocycles. The lowest BCUT2D eigenvalue weighted by Gasteiger charge is -2.22. The maximum Gasteiger partial charge on any atom is 0.214 e. The van der Waals surface area contributed by atoms with Gasteiger partial charge >= 0.3 is 0 Å². The van der Waals surface area contributed by atoms with Crippen LogP contribution in [0.15, 0.2) is 0 Å². The minimum atomic E-state index is -3.12. The summed E-state index contributed by atoms with van der Waals surface area (Å²) in [6.45, 7) is 2.35. The summed E-state index contributed by atoms with van der Waals surface area (Å²) in [5.41, 5.74) is 0. The van der Waals surface area contributed by atoms with E-state index in [1.54, 1.807) is 14.2 Å². The number of hydrogen-bond donors (Lipinski definition) is 0. The second-order valence-electron chi connectivity index (χ2n) is 3.18. The molecule has 6 heteroatoms. The molecule has 0 aliphatic rings. The Morgan fingerprint density at radius 1 is 1.50 bits per heavy atom. The van der Waals surface area contributed by atoms with Crippen molar-refractivity contribution in [3.05, 3.63) is 0 Å². The Bertz CT molecular complexity index is 243. The first-order valence-corrected chi connectivity index (χ1v) is 7.19. The van der Waals surface area contributed by atoms with Crippen molar-refractivity contribution in [2.45, 2.75) is 19.4 Å². The molecule has 0 fully saturated rings. The highest BCUT2D eigenvalue weighted by atomic mass is 79.9. The Morgan fingerprint density at radius 2 is 2.07 bits per heavy atom. The van der Waals surface area contributed by atoms with E-state index in [2.05, 4.69) is 15.9 Å². The van der Waals surface area contributed by atoms with Crippen LogP contribution in [0.5, 0.6) is 0 Å². The molecule has 0 saturated carbocycles. The molecule has 0 N–H and O–H groups in total. The van der Waals surface area contributed by atoms with Gasteiger partial charge in [0.05, 0.1) is 5.75 Å². The van der Waals surface area contributed by atoms with Crippen LogP contribution in [0.25, 0.3) is 0 Å². The molecule has 1 atom stereocenters. The number of ether oxygens (including phenoxy) is 1. The predicted molar refractivity (Wildman–Crippen MR) is 61.3 cm³/mol. The van der Waals surface area contributed by atoms with Gasteiger partial charge in [0.1, 0.15) is 0 Å². The third-order valence-corrected chi connectivity index (χ3v) is 5.01. The van der Waals surface area contributed by atoms with Gasteiger partial charge in [-0.15, -0.1) is 0 Å². The molecule has 0 aromatic carbocycles. The van der Waals surface area contributed by atoms with Crippen LogP contribution in [0.2, 0.25) is 0 Å². The van der Waals surface area contributed by atoms with E-state index in [0.717, 1.165) is 0 Å². The van der Waals surface area contributed by atoms with Crippen LogP contribution in [0.1, 0.15) is 13.3 Å². The maximum absolute atomic E-state index is 11.7. The first kappa shape index (κ1) is 14.3. The van der Waals surface area contributed by atoms with Gasteiger partial charge in [0.25, 0.3) is 0 Å². The van der Waals surface area contributed by atoms with Crippen molar-refractivity contribution in [2.24, 2.45) is 0 Å². The summed E-state index contributed by atoms with van der Waals surface area (Å²) in [5.74, 6) is 0.147. The van der Waals surface area contributed by atoms with Gasteiger partial charge in [0.15, 0.2) is 0 Å². The number of rotatable bonds is 7. The van der Waals surface area contributed by atoms with Gasteiger partial charge in [-0.3, -0.25) is 0 Å². The second kappa shape index (κ2) is 6.76. The number of halogens is 1. The highest BCUT2D eigenvalue weighted by molar-refractivity contribution is 9.09. The minimum Gasteiger partial charge on any atom is -0.385 e. The molecule has 0 radical (unpaired) electrons. The van der Waals surface area contributed by atoms with Gasteiger partial charge in [-0.05, 0) is 13.3 Å². The van der Waals surface area contributed by atoms with Crippen molar-refractivity contribution in [1.82, 2.24) is 4.31 Å². The molecule has 1 unspecified atom stereocenters. The van der Waals surface area contributed by atoms with E-state index in [4.69, 9.17) is 4.74 Å². The van der Waals surface area contributed by atoms with E-state index in [0.29, 0.717) is 18.4 Å². The third-order valence-electron chi connectivity index (χ3n) is 2.03. The Morgan fingerprint density at radius 3 is 2.50 bits per heavy atom. The lowest BCUT2D eigenvalue weighted by Crippen LogP contribution is -2.37. The van der Waals surface area contributed by atoms with Gasteiger partial charge in [0, 0.05) is 32.1 Å². The van der Waals surface area contributed by atoms with Crippen LogP contribution in [0.4, 0.5) is 0 Å². The van der Waals surface area contributed by atoms with Crippen LogP contribution in [0.3, 0.4) is 0 Å². The lowest BCUT2D eigenvalue weighted by atomic mass is 10.4. The molecule has 0 saturated heterocycles. The van der Waals surface area contributed by atoms with E-state index in [9.17, 15) is 8.42 Å². The Kier molecular flexibility index (Phi) is 6.93. The largest absolute Gasteiger partial charge is 0.385 e. The number of nitrogens with zero attached hydrogens (tertiary/aromatic N) is 1. The molecular weight excluding hydrogens is 270 g/mol. The van der Waals surface area contributed by atoms with Crippen LogP contribution < -0.4 is 0 Å². The fourth-order valence-corrected chi connectivity index (χ4v) is 2.92. The topological polar surface area (TPSA) is 46.6 Å². The third kappa shape index (κ3) is 4.72. The minimum absolute atomic E-state index is 0.0115. The maximum atomic E-state index is 11.7. The van der Waals surface area contributed by atoms with Gasteiger partial charge < -0.3 is 4.74 Å². The molecule has 0 aliphatic heterocycles. The monoisotopic (exact) mass is 287 g/mol. The highest BCUT2D eigenvalue weighted by Gasteiger charge is 2.21. The summed E-state index contributed by atoms with van der Waals surface area (Å²) in [4.78, 5) is 0. The zero-order chi connectivity index (χ0) is 11.2. The molecule has 86 valence electrons. The fourth-order valence-electron chi connectivity index (χ4n) is 0.901. The zero-order valence-electron chi connectivity index (χ0n) is 8.86. The molecule has 0 spiro atoms. The van der Waals surface area contributed by atoms with Gasteiger partial charge in [0.2, 0.25) is 10.0 Å². The molecular formula is C8H18BrNO3S. The summed E-state index contributed by atoms with van der Waals surface area (Å²) in [6.07, 6.45) is 0.540. The van der Waals surface area contributed by atoms with Gasteiger partial charge in [-0.25, -0.2) is 12.7 Å². The number of sulfonamides is 1. The van der Waals surface area contributed by atoms with Crippen LogP contribution in [-0.4, -0.2) is 50.6 Å². The average molecular weight is 288 g/mol. The van der Waals surface area contributed by atoms with E-state index in [1.807, 2.05) is 6.92 Å². The van der Waals surface area contributed by atoms with Crippen molar-refractivity contribution >= 4 is 26.0 Å². The molecule has 14 heavy (non-hydrogen) atoms. The summed E-state index contributed by atoms with van der Waals surface area (Å²) >= 11 is 3.26. The molecule has 0 rings (SSSR count). The van der Waals surface area contributed by atoms with E-state index < -0.39 is 10.0 Å². The summed E-state index contributed by atoms with van der Waals surface area (Å²) in [7, 11) is 0.0516. The number of methoxy groups -OCH3 is 1. The average Bonchev–Trinajstić information content (AvgIpc) is 2.15. The van der Waals surface area contributed by atoms with Crippen molar-refractivity contribution in [3.63, 3.8) is 0 Å². The first-order valence-electron chi connectivity index (χ1n) is 4.46. The Balaban J connectivity index is 4.17. The Labute approximate surface area is 94.8 Å². The smallest absolute Gasteiger partial charge is 0.214 e. The predicted octanol–water partition coefficient (Wildman–Crippen LogP) is 1.07. The molecule has 0 aliphatic carbocycles. The van der Waals surface area contributed by atoms with Crippen LogP contribution in [-0.2, 0) is 14.8 Å².